The SMILES string of the molecule is COc1cccc([C@H]2CN(C(=O)CC(C)(C)C)C[C@H]2C(=O)NCc2ccccn2)c1OC. The zero-order valence-electron chi connectivity index (χ0n) is 19.6. The predicted octanol–water partition coefficient (Wildman–Crippen LogP) is 3.39. The third-order valence-electron chi connectivity index (χ3n) is 5.69. The largest absolute Gasteiger partial charge is 0.493 e. The van der Waals surface area contributed by atoms with Crippen molar-refractivity contribution in [3.05, 3.63) is 53.9 Å². The molecule has 1 aromatic carbocycles. The van der Waals surface area contributed by atoms with Crippen LogP contribution in [0.4, 0.5) is 0 Å². The fraction of sp³-hybridized carbons (Fsp3) is 0.480. The lowest BCUT2D eigenvalue weighted by atomic mass is 9.87. The summed E-state index contributed by atoms with van der Waals surface area (Å²) in [7, 11) is 3.18. The van der Waals surface area contributed by atoms with Gasteiger partial charge in [0.2, 0.25) is 11.8 Å². The van der Waals surface area contributed by atoms with Crippen molar-refractivity contribution >= 4 is 11.8 Å². The second-order valence-corrected chi connectivity index (χ2v) is 9.37. The van der Waals surface area contributed by atoms with Gasteiger partial charge in [0.25, 0.3) is 0 Å². The average molecular weight is 440 g/mol. The Morgan fingerprint density at radius 1 is 1.09 bits per heavy atom. The highest BCUT2D eigenvalue weighted by molar-refractivity contribution is 5.83. The van der Waals surface area contributed by atoms with E-state index in [2.05, 4.69) is 10.3 Å². The van der Waals surface area contributed by atoms with Gasteiger partial charge in [-0.25, -0.2) is 0 Å². The van der Waals surface area contributed by atoms with E-state index in [1.165, 1.54) is 0 Å². The summed E-state index contributed by atoms with van der Waals surface area (Å²) in [6.45, 7) is 7.30. The van der Waals surface area contributed by atoms with Crippen LogP contribution in [0.5, 0.6) is 11.5 Å². The van der Waals surface area contributed by atoms with E-state index in [0.29, 0.717) is 37.6 Å². The van der Waals surface area contributed by atoms with E-state index in [0.717, 1.165) is 11.3 Å². The maximum absolute atomic E-state index is 13.3. The van der Waals surface area contributed by atoms with Crippen LogP contribution in [0.25, 0.3) is 0 Å². The standard InChI is InChI=1S/C25H33N3O4/c1-25(2,3)13-22(29)28-15-19(18-10-8-11-21(31-4)23(18)32-5)20(16-28)24(30)27-14-17-9-6-7-12-26-17/h6-12,19-20H,13-16H2,1-5H3,(H,27,30)/t19-,20-/m1/s1. The molecule has 0 saturated carbocycles. The first kappa shape index (κ1) is 23.6. The van der Waals surface area contributed by atoms with Crippen LogP contribution in [0.3, 0.4) is 0 Å². The summed E-state index contributed by atoms with van der Waals surface area (Å²) >= 11 is 0. The number of aromatic nitrogens is 1. The molecule has 3 rings (SSSR count). The van der Waals surface area contributed by atoms with Crippen LogP contribution < -0.4 is 14.8 Å². The molecule has 0 bridgehead atoms. The number of benzene rings is 1. The Kier molecular flexibility index (Phi) is 7.38. The number of rotatable bonds is 7. The van der Waals surface area contributed by atoms with E-state index < -0.39 is 5.92 Å². The lowest BCUT2D eigenvalue weighted by Gasteiger charge is -2.23. The molecular formula is C25H33N3O4. The van der Waals surface area contributed by atoms with Gasteiger partial charge in [-0.15, -0.1) is 0 Å². The summed E-state index contributed by atoms with van der Waals surface area (Å²) in [6, 6.07) is 11.3. The van der Waals surface area contributed by atoms with Gasteiger partial charge >= 0.3 is 0 Å². The normalized spacial score (nSPS) is 18.3. The van der Waals surface area contributed by atoms with Crippen LogP contribution in [0.2, 0.25) is 0 Å². The molecule has 7 nitrogen and oxygen atoms in total. The van der Waals surface area contributed by atoms with Crippen LogP contribution in [0.1, 0.15) is 44.4 Å². The number of carbonyl (C=O) groups is 2. The molecule has 2 heterocycles. The molecule has 0 radical (unpaired) electrons. The fourth-order valence-electron chi connectivity index (χ4n) is 4.17. The van der Waals surface area contributed by atoms with Crippen molar-refractivity contribution in [3.8, 4) is 11.5 Å². The van der Waals surface area contributed by atoms with Crippen molar-refractivity contribution in [3.63, 3.8) is 0 Å². The van der Waals surface area contributed by atoms with Crippen molar-refractivity contribution in [2.45, 2.75) is 39.7 Å². The highest BCUT2D eigenvalue weighted by Crippen LogP contribution is 2.42. The Labute approximate surface area is 190 Å². The van der Waals surface area contributed by atoms with Gasteiger partial charge in [-0.1, -0.05) is 39.0 Å². The molecule has 1 aromatic heterocycles. The molecule has 2 atom stereocenters. The number of hydrogen-bond acceptors (Lipinski definition) is 5. The second kappa shape index (κ2) is 10.0. The Morgan fingerprint density at radius 3 is 2.50 bits per heavy atom. The first-order valence-electron chi connectivity index (χ1n) is 10.9. The van der Waals surface area contributed by atoms with Gasteiger partial charge in [-0.2, -0.15) is 0 Å². The van der Waals surface area contributed by atoms with Crippen molar-refractivity contribution in [2.75, 3.05) is 27.3 Å². The molecule has 1 fully saturated rings. The number of carbonyl (C=O) groups excluding carboxylic acids is 2. The number of ether oxygens (including phenoxy) is 2. The van der Waals surface area contributed by atoms with Gasteiger partial charge in [0.1, 0.15) is 0 Å². The monoisotopic (exact) mass is 439 g/mol. The van der Waals surface area contributed by atoms with E-state index in [4.69, 9.17) is 9.47 Å². The summed E-state index contributed by atoms with van der Waals surface area (Å²) < 4.78 is 11.1. The first-order chi connectivity index (χ1) is 15.2. The molecular weight excluding hydrogens is 406 g/mol. The molecule has 1 saturated heterocycles. The maximum Gasteiger partial charge on any atom is 0.225 e. The van der Waals surface area contributed by atoms with E-state index >= 15 is 0 Å². The first-order valence-corrected chi connectivity index (χ1v) is 10.9. The van der Waals surface area contributed by atoms with Crippen LogP contribution in [-0.4, -0.2) is 49.0 Å². The number of hydrogen-bond donors (Lipinski definition) is 1. The highest BCUT2D eigenvalue weighted by atomic mass is 16.5. The molecule has 32 heavy (non-hydrogen) atoms. The summed E-state index contributed by atoms with van der Waals surface area (Å²) in [4.78, 5) is 32.3. The average Bonchev–Trinajstić information content (AvgIpc) is 3.22. The third-order valence-corrected chi connectivity index (χ3v) is 5.69. The molecule has 2 aromatic rings. The van der Waals surface area contributed by atoms with E-state index in [-0.39, 0.29) is 23.1 Å². The zero-order valence-corrected chi connectivity index (χ0v) is 19.6. The van der Waals surface area contributed by atoms with Gasteiger partial charge < -0.3 is 19.7 Å². The van der Waals surface area contributed by atoms with Crippen molar-refractivity contribution in [1.29, 1.82) is 0 Å². The molecule has 2 amide bonds. The molecule has 172 valence electrons. The van der Waals surface area contributed by atoms with Crippen LogP contribution in [0.15, 0.2) is 42.6 Å². The third kappa shape index (κ3) is 5.58. The maximum atomic E-state index is 13.3. The minimum atomic E-state index is -0.399. The Hall–Kier alpha value is -3.09. The van der Waals surface area contributed by atoms with Gasteiger partial charge in [-0.3, -0.25) is 14.6 Å². The fourth-order valence-corrected chi connectivity index (χ4v) is 4.17. The Balaban J connectivity index is 1.87. The number of para-hydroxylation sites is 1. The molecule has 1 aliphatic rings. The van der Waals surface area contributed by atoms with Gasteiger partial charge in [0.05, 0.1) is 32.4 Å². The minimum absolute atomic E-state index is 0.0596. The van der Waals surface area contributed by atoms with Gasteiger partial charge in [0, 0.05) is 37.2 Å². The van der Waals surface area contributed by atoms with E-state index in [9.17, 15) is 9.59 Å². The number of amides is 2. The lowest BCUT2D eigenvalue weighted by molar-refractivity contribution is -0.132. The van der Waals surface area contributed by atoms with Crippen molar-refractivity contribution in [2.24, 2.45) is 11.3 Å². The molecule has 0 unspecified atom stereocenters. The van der Waals surface area contributed by atoms with E-state index in [1.54, 1.807) is 25.3 Å². The van der Waals surface area contributed by atoms with Crippen molar-refractivity contribution in [1.82, 2.24) is 15.2 Å². The molecule has 7 heteroatoms. The Bertz CT molecular complexity index is 940. The number of pyridine rings is 1. The second-order valence-electron chi connectivity index (χ2n) is 9.37. The number of nitrogens with zero attached hydrogens (tertiary/aromatic N) is 2. The summed E-state index contributed by atoms with van der Waals surface area (Å²) in [6.07, 6.45) is 2.13. The quantitative estimate of drug-likeness (QED) is 0.715. The number of nitrogens with one attached hydrogen (secondary N) is 1. The van der Waals surface area contributed by atoms with Gasteiger partial charge in [-0.05, 0) is 23.6 Å². The zero-order chi connectivity index (χ0) is 23.3. The molecule has 1 N–H and O–H groups in total. The summed E-state index contributed by atoms with van der Waals surface area (Å²) in [5.74, 6) is 0.571. The molecule has 0 spiro atoms. The minimum Gasteiger partial charge on any atom is -0.493 e. The number of likely N-dealkylation sites (tertiary alicyclic amines) is 1. The lowest BCUT2D eigenvalue weighted by Crippen LogP contribution is -2.36. The van der Waals surface area contributed by atoms with E-state index in [1.807, 2.05) is 57.2 Å². The molecule has 0 aliphatic carbocycles. The highest BCUT2D eigenvalue weighted by Gasteiger charge is 2.42. The van der Waals surface area contributed by atoms with Crippen LogP contribution in [-0.2, 0) is 16.1 Å². The summed E-state index contributed by atoms with van der Waals surface area (Å²) in [5.41, 5.74) is 1.53. The number of methoxy groups -OCH3 is 2. The molecule has 1 aliphatic heterocycles. The topological polar surface area (TPSA) is 80.8 Å². The predicted molar refractivity (Wildman–Crippen MR) is 123 cm³/mol. The smallest absolute Gasteiger partial charge is 0.225 e. The van der Waals surface area contributed by atoms with Crippen LogP contribution >= 0.6 is 0 Å². The van der Waals surface area contributed by atoms with Crippen LogP contribution in [0, 0.1) is 11.3 Å². The van der Waals surface area contributed by atoms with Crippen molar-refractivity contribution < 1.29 is 19.1 Å². The summed E-state index contributed by atoms with van der Waals surface area (Å²) in [5, 5.41) is 3.00. The van der Waals surface area contributed by atoms with Gasteiger partial charge in [0.15, 0.2) is 11.5 Å². The Morgan fingerprint density at radius 2 is 1.88 bits per heavy atom.